The molecule has 1 unspecified atom stereocenters. The zero-order chi connectivity index (χ0) is 13.9. The summed E-state index contributed by atoms with van der Waals surface area (Å²) in [6, 6.07) is 15.9. The number of nitrogens with zero attached hydrogens (tertiary/aromatic N) is 1. The summed E-state index contributed by atoms with van der Waals surface area (Å²) in [4.78, 5) is 0. The summed E-state index contributed by atoms with van der Waals surface area (Å²) < 4.78 is 5.41. The molecule has 20 heavy (non-hydrogen) atoms. The van der Waals surface area contributed by atoms with Gasteiger partial charge in [0, 0.05) is 17.0 Å². The molecule has 0 saturated heterocycles. The molecule has 0 fully saturated rings. The van der Waals surface area contributed by atoms with Crippen molar-refractivity contribution < 1.29 is 4.74 Å². The zero-order valence-electron chi connectivity index (χ0n) is 11.1. The van der Waals surface area contributed by atoms with Gasteiger partial charge in [-0.3, -0.25) is 0 Å². The molecule has 4 heteroatoms. The lowest BCUT2D eigenvalue weighted by Gasteiger charge is -2.14. The SMILES string of the molecule is COc1ccccc1C1CC(c2ccc(Cl)cc2)=NN1. The van der Waals surface area contributed by atoms with Gasteiger partial charge in [-0.1, -0.05) is 41.9 Å². The van der Waals surface area contributed by atoms with Crippen LogP contribution in [0.4, 0.5) is 0 Å². The zero-order valence-corrected chi connectivity index (χ0v) is 11.9. The van der Waals surface area contributed by atoms with E-state index in [2.05, 4.69) is 16.6 Å². The number of hydrogen-bond donors (Lipinski definition) is 1. The largest absolute Gasteiger partial charge is 0.496 e. The lowest BCUT2D eigenvalue weighted by molar-refractivity contribution is 0.402. The van der Waals surface area contributed by atoms with Gasteiger partial charge >= 0.3 is 0 Å². The molecule has 0 bridgehead atoms. The summed E-state index contributed by atoms with van der Waals surface area (Å²) in [6.45, 7) is 0. The number of benzene rings is 2. The topological polar surface area (TPSA) is 33.6 Å². The lowest BCUT2D eigenvalue weighted by atomic mass is 9.98. The molecule has 3 rings (SSSR count). The van der Waals surface area contributed by atoms with Gasteiger partial charge in [-0.25, -0.2) is 0 Å². The molecule has 0 aliphatic carbocycles. The highest BCUT2D eigenvalue weighted by Crippen LogP contribution is 2.31. The molecule has 0 spiro atoms. The van der Waals surface area contributed by atoms with Crippen LogP contribution >= 0.6 is 11.6 Å². The van der Waals surface area contributed by atoms with Crippen molar-refractivity contribution in [2.24, 2.45) is 5.10 Å². The van der Waals surface area contributed by atoms with Crippen molar-refractivity contribution in [3.05, 3.63) is 64.7 Å². The molecule has 1 atom stereocenters. The summed E-state index contributed by atoms with van der Waals surface area (Å²) in [7, 11) is 1.69. The second-order valence-corrected chi connectivity index (χ2v) is 5.13. The maximum Gasteiger partial charge on any atom is 0.124 e. The van der Waals surface area contributed by atoms with Crippen LogP contribution in [0.1, 0.15) is 23.6 Å². The molecular weight excluding hydrogens is 272 g/mol. The van der Waals surface area contributed by atoms with Crippen LogP contribution in [0.5, 0.6) is 5.75 Å². The second-order valence-electron chi connectivity index (χ2n) is 4.69. The molecule has 0 saturated carbocycles. The van der Waals surface area contributed by atoms with Gasteiger partial charge in [-0.15, -0.1) is 0 Å². The Kier molecular flexibility index (Phi) is 3.61. The van der Waals surface area contributed by atoms with Crippen LogP contribution in [0.2, 0.25) is 5.02 Å². The number of nitrogens with one attached hydrogen (secondary N) is 1. The predicted molar refractivity (Wildman–Crippen MR) is 81.5 cm³/mol. The van der Waals surface area contributed by atoms with E-state index < -0.39 is 0 Å². The Bertz CT molecular complexity index is 637. The van der Waals surface area contributed by atoms with Gasteiger partial charge in [-0.2, -0.15) is 5.10 Å². The Hall–Kier alpha value is -2.00. The summed E-state index contributed by atoms with van der Waals surface area (Å²) >= 11 is 5.91. The Balaban J connectivity index is 1.80. The molecular formula is C16H15ClN2O. The Morgan fingerprint density at radius 3 is 2.65 bits per heavy atom. The van der Waals surface area contributed by atoms with E-state index in [1.54, 1.807) is 7.11 Å². The fraction of sp³-hybridized carbons (Fsp3) is 0.188. The van der Waals surface area contributed by atoms with E-state index in [0.717, 1.165) is 34.0 Å². The summed E-state index contributed by atoms with van der Waals surface area (Å²) in [5.74, 6) is 0.887. The van der Waals surface area contributed by atoms with E-state index in [9.17, 15) is 0 Å². The number of methoxy groups -OCH3 is 1. The summed E-state index contributed by atoms with van der Waals surface area (Å²) in [5, 5.41) is 5.17. The van der Waals surface area contributed by atoms with E-state index in [1.807, 2.05) is 42.5 Å². The minimum absolute atomic E-state index is 0.150. The van der Waals surface area contributed by atoms with Crippen LogP contribution in [0, 0.1) is 0 Å². The Morgan fingerprint density at radius 1 is 1.15 bits per heavy atom. The van der Waals surface area contributed by atoms with Crippen molar-refractivity contribution >= 4 is 17.3 Å². The van der Waals surface area contributed by atoms with E-state index in [4.69, 9.17) is 16.3 Å². The third kappa shape index (κ3) is 2.49. The van der Waals surface area contributed by atoms with E-state index in [1.165, 1.54) is 0 Å². The highest BCUT2D eigenvalue weighted by atomic mass is 35.5. The van der Waals surface area contributed by atoms with E-state index in [0.29, 0.717) is 0 Å². The minimum atomic E-state index is 0.150. The first kappa shape index (κ1) is 13.0. The van der Waals surface area contributed by atoms with Crippen molar-refractivity contribution in [2.45, 2.75) is 12.5 Å². The van der Waals surface area contributed by atoms with Gasteiger partial charge in [0.2, 0.25) is 0 Å². The number of rotatable bonds is 3. The third-order valence-corrected chi connectivity index (χ3v) is 3.70. The average molecular weight is 287 g/mol. The quantitative estimate of drug-likeness (QED) is 0.931. The number of hydrogen-bond acceptors (Lipinski definition) is 3. The first-order valence-corrected chi connectivity index (χ1v) is 6.86. The highest BCUT2D eigenvalue weighted by Gasteiger charge is 2.23. The molecule has 2 aromatic rings. The van der Waals surface area contributed by atoms with E-state index in [-0.39, 0.29) is 6.04 Å². The third-order valence-electron chi connectivity index (χ3n) is 3.44. The lowest BCUT2D eigenvalue weighted by Crippen LogP contribution is -2.11. The smallest absolute Gasteiger partial charge is 0.124 e. The molecule has 0 aromatic heterocycles. The van der Waals surface area contributed by atoms with Crippen molar-refractivity contribution in [2.75, 3.05) is 7.11 Å². The molecule has 1 N–H and O–H groups in total. The molecule has 1 aliphatic rings. The molecule has 2 aromatic carbocycles. The Morgan fingerprint density at radius 2 is 1.90 bits per heavy atom. The van der Waals surface area contributed by atoms with Crippen LogP contribution in [0.3, 0.4) is 0 Å². The minimum Gasteiger partial charge on any atom is -0.496 e. The maximum absolute atomic E-state index is 5.91. The summed E-state index contributed by atoms with van der Waals surface area (Å²) in [6.07, 6.45) is 0.835. The monoisotopic (exact) mass is 286 g/mol. The molecule has 0 radical (unpaired) electrons. The van der Waals surface area contributed by atoms with Crippen molar-refractivity contribution in [1.82, 2.24) is 5.43 Å². The molecule has 1 heterocycles. The van der Waals surface area contributed by atoms with Crippen LogP contribution in [0.25, 0.3) is 0 Å². The maximum atomic E-state index is 5.91. The van der Waals surface area contributed by atoms with Crippen LogP contribution in [-0.2, 0) is 0 Å². The van der Waals surface area contributed by atoms with Gasteiger partial charge in [-0.05, 0) is 23.8 Å². The van der Waals surface area contributed by atoms with Gasteiger partial charge in [0.05, 0.1) is 18.9 Å². The standard InChI is InChI=1S/C16H15ClN2O/c1-20-16-5-3-2-4-13(16)15-10-14(18-19-15)11-6-8-12(17)9-7-11/h2-9,15,19H,10H2,1H3. The molecule has 1 aliphatic heterocycles. The van der Waals surface area contributed by atoms with E-state index >= 15 is 0 Å². The Labute approximate surface area is 123 Å². The fourth-order valence-electron chi connectivity index (χ4n) is 2.40. The first-order valence-electron chi connectivity index (χ1n) is 6.49. The second kappa shape index (κ2) is 5.55. The van der Waals surface area contributed by atoms with Gasteiger partial charge in [0.15, 0.2) is 0 Å². The van der Waals surface area contributed by atoms with Crippen LogP contribution in [0.15, 0.2) is 53.6 Å². The first-order chi connectivity index (χ1) is 9.78. The predicted octanol–water partition coefficient (Wildman–Crippen LogP) is 3.79. The number of halogens is 1. The van der Waals surface area contributed by atoms with Crippen LogP contribution in [-0.4, -0.2) is 12.8 Å². The highest BCUT2D eigenvalue weighted by molar-refractivity contribution is 6.30. The molecule has 3 nitrogen and oxygen atoms in total. The normalized spacial score (nSPS) is 17.5. The average Bonchev–Trinajstić information content (AvgIpc) is 2.97. The summed E-state index contributed by atoms with van der Waals surface area (Å²) in [5.41, 5.74) is 6.45. The van der Waals surface area contributed by atoms with Crippen molar-refractivity contribution in [1.29, 1.82) is 0 Å². The van der Waals surface area contributed by atoms with Crippen molar-refractivity contribution in [3.8, 4) is 5.75 Å². The number of hydrazone groups is 1. The van der Waals surface area contributed by atoms with Gasteiger partial charge in [0.25, 0.3) is 0 Å². The van der Waals surface area contributed by atoms with Crippen LogP contribution < -0.4 is 10.2 Å². The fourth-order valence-corrected chi connectivity index (χ4v) is 2.52. The molecule has 102 valence electrons. The van der Waals surface area contributed by atoms with Gasteiger partial charge in [0.1, 0.15) is 5.75 Å². The number of para-hydroxylation sites is 1. The van der Waals surface area contributed by atoms with Crippen molar-refractivity contribution in [3.63, 3.8) is 0 Å². The molecule has 0 amide bonds. The number of ether oxygens (including phenoxy) is 1. The van der Waals surface area contributed by atoms with Gasteiger partial charge < -0.3 is 10.2 Å².